The van der Waals surface area contributed by atoms with Crippen LogP contribution >= 0.6 is 0 Å². The van der Waals surface area contributed by atoms with E-state index in [9.17, 15) is 9.59 Å². The highest BCUT2D eigenvalue weighted by Crippen LogP contribution is 2.24. The fourth-order valence-corrected chi connectivity index (χ4v) is 1.89. The van der Waals surface area contributed by atoms with Crippen molar-refractivity contribution in [2.24, 2.45) is 5.73 Å². The van der Waals surface area contributed by atoms with E-state index in [2.05, 4.69) is 0 Å². The first-order chi connectivity index (χ1) is 9.20. The number of hydrogen-bond donors (Lipinski definition) is 2. The molecule has 1 rings (SSSR count). The SMILES string of the molecule is CC(C)(C)OC(=O)CC(c1ccccc1)[C@@H](N)C(=O)O. The summed E-state index contributed by atoms with van der Waals surface area (Å²) in [5, 5.41) is 9.08. The average Bonchev–Trinajstić information content (AvgIpc) is 2.34. The summed E-state index contributed by atoms with van der Waals surface area (Å²) in [6.07, 6.45) is -0.0608. The molecule has 0 saturated carbocycles. The summed E-state index contributed by atoms with van der Waals surface area (Å²) >= 11 is 0. The van der Waals surface area contributed by atoms with E-state index in [1.807, 2.05) is 6.07 Å². The van der Waals surface area contributed by atoms with Crippen molar-refractivity contribution in [3.05, 3.63) is 35.9 Å². The third kappa shape index (κ3) is 5.01. The zero-order valence-electron chi connectivity index (χ0n) is 12.0. The van der Waals surface area contributed by atoms with Crippen molar-refractivity contribution in [3.63, 3.8) is 0 Å². The number of carboxylic acids is 1. The van der Waals surface area contributed by atoms with Gasteiger partial charge in [-0.25, -0.2) is 0 Å². The molecule has 5 heteroatoms. The van der Waals surface area contributed by atoms with Gasteiger partial charge in [-0.3, -0.25) is 9.59 Å². The summed E-state index contributed by atoms with van der Waals surface area (Å²) in [5.74, 6) is -2.20. The third-order valence-corrected chi connectivity index (χ3v) is 2.75. The second-order valence-corrected chi connectivity index (χ2v) is 5.67. The normalized spacial score (nSPS) is 14.4. The third-order valence-electron chi connectivity index (χ3n) is 2.75. The minimum Gasteiger partial charge on any atom is -0.480 e. The van der Waals surface area contributed by atoms with Gasteiger partial charge in [-0.15, -0.1) is 0 Å². The number of carbonyl (C=O) groups is 2. The highest BCUT2D eigenvalue weighted by Gasteiger charge is 2.29. The van der Waals surface area contributed by atoms with Crippen LogP contribution in [0.2, 0.25) is 0 Å². The van der Waals surface area contributed by atoms with Gasteiger partial charge < -0.3 is 15.6 Å². The van der Waals surface area contributed by atoms with Gasteiger partial charge in [-0.1, -0.05) is 30.3 Å². The van der Waals surface area contributed by atoms with Gasteiger partial charge in [0, 0.05) is 5.92 Å². The molecule has 1 aromatic rings. The molecule has 5 nitrogen and oxygen atoms in total. The second kappa shape index (κ2) is 6.52. The van der Waals surface area contributed by atoms with Crippen molar-refractivity contribution in [3.8, 4) is 0 Å². The predicted molar refractivity (Wildman–Crippen MR) is 75.3 cm³/mol. The number of ether oxygens (including phenoxy) is 1. The molecule has 0 radical (unpaired) electrons. The van der Waals surface area contributed by atoms with Gasteiger partial charge in [-0.2, -0.15) is 0 Å². The molecule has 0 heterocycles. The fraction of sp³-hybridized carbons (Fsp3) is 0.467. The van der Waals surface area contributed by atoms with E-state index in [0.29, 0.717) is 5.56 Å². The molecule has 0 aromatic heterocycles. The minimum absolute atomic E-state index is 0.0608. The number of benzene rings is 1. The van der Waals surface area contributed by atoms with E-state index >= 15 is 0 Å². The monoisotopic (exact) mass is 279 g/mol. The van der Waals surface area contributed by atoms with E-state index in [1.54, 1.807) is 45.0 Å². The Kier molecular flexibility index (Phi) is 5.27. The first-order valence-corrected chi connectivity index (χ1v) is 6.46. The lowest BCUT2D eigenvalue weighted by Crippen LogP contribution is -2.38. The van der Waals surface area contributed by atoms with Crippen LogP contribution in [0, 0.1) is 0 Å². The molecule has 1 unspecified atom stereocenters. The van der Waals surface area contributed by atoms with Crippen molar-refractivity contribution in [1.82, 2.24) is 0 Å². The topological polar surface area (TPSA) is 89.6 Å². The van der Waals surface area contributed by atoms with Crippen molar-refractivity contribution in [1.29, 1.82) is 0 Å². The molecule has 20 heavy (non-hydrogen) atoms. The summed E-state index contributed by atoms with van der Waals surface area (Å²) in [4.78, 5) is 23.0. The van der Waals surface area contributed by atoms with Crippen molar-refractivity contribution >= 4 is 11.9 Å². The Morgan fingerprint density at radius 1 is 1.25 bits per heavy atom. The first-order valence-electron chi connectivity index (χ1n) is 6.46. The van der Waals surface area contributed by atoms with Gasteiger partial charge >= 0.3 is 11.9 Å². The molecular weight excluding hydrogens is 258 g/mol. The number of rotatable bonds is 5. The zero-order valence-corrected chi connectivity index (χ0v) is 12.0. The van der Waals surface area contributed by atoms with Crippen molar-refractivity contribution < 1.29 is 19.4 Å². The lowest BCUT2D eigenvalue weighted by atomic mass is 9.89. The Balaban J connectivity index is 2.90. The molecule has 0 saturated heterocycles. The van der Waals surface area contributed by atoms with E-state index in [4.69, 9.17) is 15.6 Å². The van der Waals surface area contributed by atoms with Gasteiger partial charge in [0.05, 0.1) is 6.42 Å². The number of nitrogens with two attached hydrogens (primary N) is 1. The highest BCUT2D eigenvalue weighted by molar-refractivity contribution is 5.78. The lowest BCUT2D eigenvalue weighted by molar-refractivity contribution is -0.155. The molecule has 0 amide bonds. The number of carboxylic acid groups (broad SMARTS) is 1. The lowest BCUT2D eigenvalue weighted by Gasteiger charge is -2.24. The maximum absolute atomic E-state index is 11.9. The maximum Gasteiger partial charge on any atom is 0.321 e. The second-order valence-electron chi connectivity index (χ2n) is 5.67. The van der Waals surface area contributed by atoms with Crippen LogP contribution in [0.1, 0.15) is 38.7 Å². The van der Waals surface area contributed by atoms with Crippen LogP contribution in [0.4, 0.5) is 0 Å². The zero-order chi connectivity index (χ0) is 15.3. The summed E-state index contributed by atoms with van der Waals surface area (Å²) < 4.78 is 5.23. The highest BCUT2D eigenvalue weighted by atomic mass is 16.6. The van der Waals surface area contributed by atoms with Crippen LogP contribution in [0.5, 0.6) is 0 Å². The summed E-state index contributed by atoms with van der Waals surface area (Å²) in [6, 6.07) is 7.76. The van der Waals surface area contributed by atoms with Crippen LogP contribution in [0.25, 0.3) is 0 Å². The molecule has 3 N–H and O–H groups in total. The van der Waals surface area contributed by atoms with Crippen LogP contribution in [0.15, 0.2) is 30.3 Å². The van der Waals surface area contributed by atoms with Gasteiger partial charge in [-0.05, 0) is 26.3 Å². The number of hydrogen-bond acceptors (Lipinski definition) is 4. The smallest absolute Gasteiger partial charge is 0.321 e. The van der Waals surface area contributed by atoms with Gasteiger partial charge in [0.2, 0.25) is 0 Å². The first kappa shape index (κ1) is 16.2. The van der Waals surface area contributed by atoms with Gasteiger partial charge in [0.25, 0.3) is 0 Å². The van der Waals surface area contributed by atoms with E-state index in [1.165, 1.54) is 0 Å². The standard InChI is InChI=1S/C15H21NO4/c1-15(2,3)20-12(17)9-11(13(16)14(18)19)10-7-5-4-6-8-10/h4-8,11,13H,9,16H2,1-3H3,(H,18,19)/t11?,13-/m1/s1. The number of esters is 1. The Bertz CT molecular complexity index is 465. The average molecular weight is 279 g/mol. The molecule has 0 aliphatic rings. The fourth-order valence-electron chi connectivity index (χ4n) is 1.89. The quantitative estimate of drug-likeness (QED) is 0.804. The van der Waals surface area contributed by atoms with E-state index < -0.39 is 29.5 Å². The molecular formula is C15H21NO4. The molecule has 0 aliphatic heterocycles. The molecule has 0 aliphatic carbocycles. The van der Waals surface area contributed by atoms with Crippen LogP contribution in [-0.4, -0.2) is 28.7 Å². The molecule has 1 aromatic carbocycles. The Hall–Kier alpha value is -1.88. The van der Waals surface area contributed by atoms with Gasteiger partial charge in [0.1, 0.15) is 11.6 Å². The summed E-state index contributed by atoms with van der Waals surface area (Å²) in [6.45, 7) is 5.29. The van der Waals surface area contributed by atoms with E-state index in [0.717, 1.165) is 0 Å². The number of aliphatic carboxylic acids is 1. The summed E-state index contributed by atoms with van der Waals surface area (Å²) in [5.41, 5.74) is 5.81. The van der Waals surface area contributed by atoms with Crippen molar-refractivity contribution in [2.75, 3.05) is 0 Å². The molecule has 110 valence electrons. The molecule has 0 bridgehead atoms. The Morgan fingerprint density at radius 3 is 2.25 bits per heavy atom. The van der Waals surface area contributed by atoms with Crippen LogP contribution in [0.3, 0.4) is 0 Å². The minimum atomic E-state index is -1.15. The van der Waals surface area contributed by atoms with Crippen LogP contribution in [-0.2, 0) is 14.3 Å². The Morgan fingerprint density at radius 2 is 1.80 bits per heavy atom. The largest absolute Gasteiger partial charge is 0.480 e. The maximum atomic E-state index is 11.9. The van der Waals surface area contributed by atoms with E-state index in [-0.39, 0.29) is 6.42 Å². The van der Waals surface area contributed by atoms with Crippen molar-refractivity contribution in [2.45, 2.75) is 44.8 Å². The Labute approximate surface area is 118 Å². The predicted octanol–water partition coefficient (Wildman–Crippen LogP) is 1.91. The van der Waals surface area contributed by atoms with Crippen LogP contribution < -0.4 is 5.73 Å². The molecule has 0 fully saturated rings. The number of carbonyl (C=O) groups excluding carboxylic acids is 1. The molecule has 2 atom stereocenters. The molecule has 0 spiro atoms. The summed E-state index contributed by atoms with van der Waals surface area (Å²) in [7, 11) is 0. The van der Waals surface area contributed by atoms with Gasteiger partial charge in [0.15, 0.2) is 0 Å².